The van der Waals surface area contributed by atoms with E-state index in [1.165, 1.54) is 186 Å². The first kappa shape index (κ1) is 33.5. The van der Waals surface area contributed by atoms with Gasteiger partial charge in [-0.25, -0.2) is 0 Å². The molecule has 0 saturated carbocycles. The van der Waals surface area contributed by atoms with Crippen molar-refractivity contribution >= 4 is 15.9 Å². The van der Waals surface area contributed by atoms with Gasteiger partial charge in [0.1, 0.15) is 0 Å². The summed E-state index contributed by atoms with van der Waals surface area (Å²) in [7, 11) is 0. The van der Waals surface area contributed by atoms with Crippen LogP contribution < -0.4 is 0 Å². The zero-order valence-corrected chi connectivity index (χ0v) is 25.0. The minimum Gasteiger partial charge on any atom is -0.0891 e. The molecule has 0 aromatic heterocycles. The van der Waals surface area contributed by atoms with Crippen LogP contribution in [-0.2, 0) is 0 Å². The van der Waals surface area contributed by atoms with Gasteiger partial charge < -0.3 is 0 Å². The van der Waals surface area contributed by atoms with Crippen molar-refractivity contribution in [2.75, 3.05) is 0 Å². The molecule has 0 fully saturated rings. The number of unbranched alkanes of at least 4 members (excludes halogenated alkanes) is 25. The Morgan fingerprint density at radius 3 is 0.697 bits per heavy atom. The maximum atomic E-state index is 3.95. The third kappa shape index (κ3) is 30.4. The van der Waals surface area contributed by atoms with Crippen LogP contribution in [0.3, 0.4) is 0 Å². The molecule has 0 spiro atoms. The molecule has 0 aliphatic rings. The molecule has 0 bridgehead atoms. The summed E-state index contributed by atoms with van der Waals surface area (Å²) in [5, 5.41) is 0. The second kappa shape index (κ2) is 30.5. The minimum absolute atomic E-state index is 0.780. The highest BCUT2D eigenvalue weighted by molar-refractivity contribution is 9.09. The van der Waals surface area contributed by atoms with Crippen molar-refractivity contribution in [3.8, 4) is 0 Å². The number of rotatable bonds is 29. The van der Waals surface area contributed by atoms with Gasteiger partial charge in [-0.1, -0.05) is 203 Å². The monoisotopic (exact) mass is 528 g/mol. The van der Waals surface area contributed by atoms with Crippen molar-refractivity contribution in [3.05, 3.63) is 0 Å². The molecule has 0 heterocycles. The van der Waals surface area contributed by atoms with E-state index in [0.29, 0.717) is 0 Å². The molecule has 0 N–H and O–H groups in total. The van der Waals surface area contributed by atoms with Crippen molar-refractivity contribution < 1.29 is 0 Å². The summed E-state index contributed by atoms with van der Waals surface area (Å²) in [5.41, 5.74) is 0. The van der Waals surface area contributed by atoms with Crippen LogP contribution in [0.4, 0.5) is 0 Å². The Morgan fingerprint density at radius 1 is 0.303 bits per heavy atom. The molecular formula is C32H65Br. The van der Waals surface area contributed by atoms with E-state index in [0.717, 1.165) is 4.83 Å². The normalized spacial score (nSPS) is 12.5. The van der Waals surface area contributed by atoms with E-state index < -0.39 is 0 Å². The van der Waals surface area contributed by atoms with Gasteiger partial charge in [-0.2, -0.15) is 0 Å². The lowest BCUT2D eigenvalue weighted by atomic mass is 10.0. The summed E-state index contributed by atoms with van der Waals surface area (Å²) in [6.07, 6.45) is 42.2. The molecule has 0 rings (SSSR count). The zero-order chi connectivity index (χ0) is 24.1. The molecule has 0 radical (unpaired) electrons. The fourth-order valence-corrected chi connectivity index (χ4v) is 5.74. The Morgan fingerprint density at radius 2 is 0.485 bits per heavy atom. The Labute approximate surface area is 220 Å². The molecule has 0 amide bonds. The van der Waals surface area contributed by atoms with Crippen molar-refractivity contribution in [1.29, 1.82) is 0 Å². The fourth-order valence-electron chi connectivity index (χ4n) is 5.09. The van der Waals surface area contributed by atoms with Gasteiger partial charge in [-0.05, 0) is 12.8 Å². The van der Waals surface area contributed by atoms with Crippen LogP contribution in [0.1, 0.15) is 200 Å². The van der Waals surface area contributed by atoms with Gasteiger partial charge in [0.05, 0.1) is 0 Å². The summed E-state index contributed by atoms with van der Waals surface area (Å²) in [5.74, 6) is 0. The molecule has 0 aliphatic heterocycles. The Hall–Kier alpha value is 0.480. The Balaban J connectivity index is 3.13. The largest absolute Gasteiger partial charge is 0.0891 e. The SMILES string of the molecule is CCCCCCCCCCCCCCCCC(Br)CCCCCCCCCCCCCCC. The fraction of sp³-hybridized carbons (Fsp3) is 1.00. The molecule has 0 aromatic carbocycles. The van der Waals surface area contributed by atoms with Gasteiger partial charge in [0.2, 0.25) is 0 Å². The molecular weight excluding hydrogens is 464 g/mol. The summed E-state index contributed by atoms with van der Waals surface area (Å²) < 4.78 is 0. The van der Waals surface area contributed by atoms with Crippen molar-refractivity contribution in [1.82, 2.24) is 0 Å². The average Bonchev–Trinajstić information content (AvgIpc) is 2.82. The molecule has 0 nitrogen and oxygen atoms in total. The summed E-state index contributed by atoms with van der Waals surface area (Å²) in [6.45, 7) is 4.61. The molecule has 0 aromatic rings. The number of hydrogen-bond donors (Lipinski definition) is 0. The number of halogens is 1. The van der Waals surface area contributed by atoms with E-state index >= 15 is 0 Å². The molecule has 33 heavy (non-hydrogen) atoms. The maximum Gasteiger partial charge on any atom is 0.0145 e. The maximum absolute atomic E-state index is 3.95. The standard InChI is InChI=1S/C32H65Br/c1-3-5-7-9-11-13-15-17-19-21-23-25-27-29-31-32(33)30-28-26-24-22-20-18-16-14-12-10-8-6-4-2/h32H,3-31H2,1-2H3. The molecule has 1 atom stereocenters. The molecule has 0 saturated heterocycles. The first-order valence-corrected chi connectivity index (χ1v) is 16.9. The first-order chi connectivity index (χ1) is 16.3. The van der Waals surface area contributed by atoms with Gasteiger partial charge in [0.15, 0.2) is 0 Å². The van der Waals surface area contributed by atoms with Crippen LogP contribution >= 0.6 is 15.9 Å². The highest BCUT2D eigenvalue weighted by Gasteiger charge is 2.04. The van der Waals surface area contributed by atoms with Crippen molar-refractivity contribution in [3.63, 3.8) is 0 Å². The third-order valence-corrected chi connectivity index (χ3v) is 8.41. The molecule has 200 valence electrons. The third-order valence-electron chi connectivity index (χ3n) is 7.49. The van der Waals surface area contributed by atoms with Gasteiger partial charge in [0, 0.05) is 4.83 Å². The summed E-state index contributed by atoms with van der Waals surface area (Å²) in [6, 6.07) is 0. The predicted octanol–water partition coefficient (Wildman–Crippen LogP) is 13.1. The Bertz CT molecular complexity index is 326. The van der Waals surface area contributed by atoms with Crippen LogP contribution in [0.5, 0.6) is 0 Å². The van der Waals surface area contributed by atoms with Gasteiger partial charge >= 0.3 is 0 Å². The summed E-state index contributed by atoms with van der Waals surface area (Å²) >= 11 is 3.95. The van der Waals surface area contributed by atoms with Crippen LogP contribution in [0, 0.1) is 0 Å². The number of alkyl halides is 1. The Kier molecular flexibility index (Phi) is 31.0. The van der Waals surface area contributed by atoms with E-state index in [2.05, 4.69) is 29.8 Å². The quantitative estimate of drug-likeness (QED) is 0.0667. The second-order valence-corrected chi connectivity index (χ2v) is 12.3. The molecule has 1 heteroatoms. The highest BCUT2D eigenvalue weighted by atomic mass is 79.9. The van der Waals surface area contributed by atoms with Crippen molar-refractivity contribution in [2.24, 2.45) is 0 Å². The highest BCUT2D eigenvalue weighted by Crippen LogP contribution is 2.20. The van der Waals surface area contributed by atoms with E-state index in [4.69, 9.17) is 0 Å². The lowest BCUT2D eigenvalue weighted by Gasteiger charge is -2.09. The van der Waals surface area contributed by atoms with E-state index in [1.54, 1.807) is 0 Å². The molecule has 1 unspecified atom stereocenters. The van der Waals surface area contributed by atoms with Gasteiger partial charge in [-0.15, -0.1) is 0 Å². The average molecular weight is 530 g/mol. The minimum atomic E-state index is 0.780. The molecule has 0 aliphatic carbocycles. The van der Waals surface area contributed by atoms with E-state index in [1.807, 2.05) is 0 Å². The van der Waals surface area contributed by atoms with Crippen LogP contribution in [0.15, 0.2) is 0 Å². The number of hydrogen-bond acceptors (Lipinski definition) is 0. The zero-order valence-electron chi connectivity index (χ0n) is 23.5. The van der Waals surface area contributed by atoms with E-state index in [-0.39, 0.29) is 0 Å². The van der Waals surface area contributed by atoms with Crippen LogP contribution in [0.2, 0.25) is 0 Å². The van der Waals surface area contributed by atoms with Crippen LogP contribution in [-0.4, -0.2) is 4.83 Å². The van der Waals surface area contributed by atoms with Gasteiger partial charge in [0.25, 0.3) is 0 Å². The first-order valence-electron chi connectivity index (χ1n) is 15.9. The van der Waals surface area contributed by atoms with Gasteiger partial charge in [-0.3, -0.25) is 0 Å². The summed E-state index contributed by atoms with van der Waals surface area (Å²) in [4.78, 5) is 0.780. The topological polar surface area (TPSA) is 0 Å². The smallest absolute Gasteiger partial charge is 0.0145 e. The van der Waals surface area contributed by atoms with Crippen molar-refractivity contribution in [2.45, 2.75) is 205 Å². The predicted molar refractivity (Wildman–Crippen MR) is 158 cm³/mol. The second-order valence-electron chi connectivity index (χ2n) is 11.0. The van der Waals surface area contributed by atoms with E-state index in [9.17, 15) is 0 Å². The lowest BCUT2D eigenvalue weighted by molar-refractivity contribution is 0.519. The lowest BCUT2D eigenvalue weighted by Crippen LogP contribution is -1.98. The van der Waals surface area contributed by atoms with Crippen LogP contribution in [0.25, 0.3) is 0 Å².